The number of nitrogens with two attached hydrogens (primary N) is 2. The number of hydrogen-bond acceptors (Lipinski definition) is 3. The Hall–Kier alpha value is -1.55. The summed E-state index contributed by atoms with van der Waals surface area (Å²) in [5.74, 6) is 0.703. The maximum absolute atomic E-state index is 10.7. The van der Waals surface area contributed by atoms with E-state index in [2.05, 4.69) is 13.0 Å². The summed E-state index contributed by atoms with van der Waals surface area (Å²) in [4.78, 5) is 10.7. The van der Waals surface area contributed by atoms with E-state index in [0.717, 1.165) is 30.6 Å². The lowest BCUT2D eigenvalue weighted by Crippen LogP contribution is -2.14. The lowest BCUT2D eigenvalue weighted by atomic mass is 9.98. The first-order valence-electron chi connectivity index (χ1n) is 6.39. The zero-order chi connectivity index (χ0) is 13.1. The Bertz CT molecular complexity index is 445. The van der Waals surface area contributed by atoms with E-state index in [4.69, 9.17) is 16.2 Å². The van der Waals surface area contributed by atoms with Gasteiger partial charge in [0.15, 0.2) is 0 Å². The van der Waals surface area contributed by atoms with Gasteiger partial charge in [0, 0.05) is 18.9 Å². The number of fused-ring (bicyclic) bond motifs is 1. The fourth-order valence-corrected chi connectivity index (χ4v) is 2.34. The molecule has 0 bridgehead atoms. The fourth-order valence-electron chi connectivity index (χ4n) is 2.34. The van der Waals surface area contributed by atoms with E-state index in [1.54, 1.807) is 0 Å². The largest absolute Gasteiger partial charge is 0.490 e. The van der Waals surface area contributed by atoms with Crippen molar-refractivity contribution in [3.63, 3.8) is 0 Å². The van der Waals surface area contributed by atoms with Crippen LogP contribution < -0.4 is 16.2 Å². The van der Waals surface area contributed by atoms with Gasteiger partial charge >= 0.3 is 0 Å². The Morgan fingerprint density at radius 2 is 2.33 bits per heavy atom. The molecule has 0 fully saturated rings. The van der Waals surface area contributed by atoms with Gasteiger partial charge in [0.2, 0.25) is 5.91 Å². The summed E-state index contributed by atoms with van der Waals surface area (Å²) in [5, 5.41) is 0. The summed E-state index contributed by atoms with van der Waals surface area (Å²) in [6, 6.07) is 6.08. The highest BCUT2D eigenvalue weighted by molar-refractivity contribution is 5.73. The molecule has 1 aliphatic heterocycles. The van der Waals surface area contributed by atoms with Gasteiger partial charge in [0.25, 0.3) is 0 Å². The van der Waals surface area contributed by atoms with Crippen LogP contribution in [0.1, 0.15) is 43.4 Å². The monoisotopic (exact) mass is 248 g/mol. The molecular weight excluding hydrogens is 228 g/mol. The highest BCUT2D eigenvalue weighted by atomic mass is 16.5. The van der Waals surface area contributed by atoms with Gasteiger partial charge in [0.05, 0.1) is 0 Å². The van der Waals surface area contributed by atoms with Gasteiger partial charge in [-0.2, -0.15) is 0 Å². The highest BCUT2D eigenvalue weighted by Gasteiger charge is 2.20. The third-order valence-corrected chi connectivity index (χ3v) is 3.29. The van der Waals surface area contributed by atoms with Gasteiger partial charge in [-0.25, -0.2) is 0 Å². The molecule has 98 valence electrons. The van der Waals surface area contributed by atoms with Crippen LogP contribution in [0, 0.1) is 0 Å². The molecule has 4 nitrogen and oxygen atoms in total. The van der Waals surface area contributed by atoms with Gasteiger partial charge in [-0.3, -0.25) is 4.79 Å². The van der Waals surface area contributed by atoms with Crippen molar-refractivity contribution in [2.45, 2.75) is 44.8 Å². The second-order valence-corrected chi connectivity index (χ2v) is 4.96. The number of ether oxygens (including phenoxy) is 1. The van der Waals surface area contributed by atoms with Gasteiger partial charge < -0.3 is 16.2 Å². The van der Waals surface area contributed by atoms with Crippen LogP contribution in [0.4, 0.5) is 0 Å². The number of amides is 1. The Labute approximate surface area is 107 Å². The molecular formula is C14H20N2O2. The second-order valence-electron chi connectivity index (χ2n) is 4.96. The summed E-state index contributed by atoms with van der Waals surface area (Å²) in [5.41, 5.74) is 13.6. The normalized spacial score (nSPS) is 19.1. The molecule has 0 saturated carbocycles. The molecule has 4 N–H and O–H groups in total. The number of primary amides is 1. The second kappa shape index (κ2) is 5.40. The van der Waals surface area contributed by atoms with Crippen LogP contribution in [0.5, 0.6) is 5.75 Å². The number of carbonyl (C=O) groups is 1. The molecule has 1 heterocycles. The van der Waals surface area contributed by atoms with E-state index in [-0.39, 0.29) is 18.1 Å². The Morgan fingerprint density at radius 1 is 1.56 bits per heavy atom. The fraction of sp³-hybridized carbons (Fsp3) is 0.500. The zero-order valence-corrected chi connectivity index (χ0v) is 10.7. The van der Waals surface area contributed by atoms with Crippen molar-refractivity contribution in [3.05, 3.63) is 29.3 Å². The first-order valence-corrected chi connectivity index (χ1v) is 6.39. The van der Waals surface area contributed by atoms with E-state index in [0.29, 0.717) is 6.42 Å². The van der Waals surface area contributed by atoms with Crippen molar-refractivity contribution >= 4 is 5.91 Å². The van der Waals surface area contributed by atoms with Crippen molar-refractivity contribution in [2.75, 3.05) is 0 Å². The maximum atomic E-state index is 10.7. The third kappa shape index (κ3) is 3.01. The van der Waals surface area contributed by atoms with E-state index in [1.165, 1.54) is 5.56 Å². The van der Waals surface area contributed by atoms with Crippen molar-refractivity contribution in [1.82, 2.24) is 0 Å². The van der Waals surface area contributed by atoms with Crippen LogP contribution >= 0.6 is 0 Å². The average Bonchev–Trinajstić information content (AvgIpc) is 2.67. The van der Waals surface area contributed by atoms with E-state index < -0.39 is 0 Å². The van der Waals surface area contributed by atoms with Gasteiger partial charge in [0.1, 0.15) is 11.9 Å². The predicted octanol–water partition coefficient (Wildman–Crippen LogP) is 1.67. The zero-order valence-electron chi connectivity index (χ0n) is 10.7. The molecule has 0 aliphatic carbocycles. The quantitative estimate of drug-likeness (QED) is 0.832. The number of benzene rings is 1. The Morgan fingerprint density at radius 3 is 3.06 bits per heavy atom. The molecule has 4 heteroatoms. The van der Waals surface area contributed by atoms with Crippen LogP contribution in [0.15, 0.2) is 18.2 Å². The van der Waals surface area contributed by atoms with E-state index >= 15 is 0 Å². The van der Waals surface area contributed by atoms with Crippen LogP contribution in [0.2, 0.25) is 0 Å². The highest BCUT2D eigenvalue weighted by Crippen LogP contribution is 2.31. The molecule has 1 aromatic rings. The number of carbonyl (C=O) groups excluding carboxylic acids is 1. The van der Waals surface area contributed by atoms with Crippen LogP contribution in [0.25, 0.3) is 0 Å². The van der Waals surface area contributed by atoms with E-state index in [1.807, 2.05) is 12.1 Å². The lowest BCUT2D eigenvalue weighted by Gasteiger charge is -2.12. The molecule has 2 unspecified atom stereocenters. The van der Waals surface area contributed by atoms with Crippen LogP contribution in [-0.4, -0.2) is 12.0 Å². The summed E-state index contributed by atoms with van der Waals surface area (Å²) >= 11 is 0. The van der Waals surface area contributed by atoms with Crippen molar-refractivity contribution < 1.29 is 9.53 Å². The molecule has 18 heavy (non-hydrogen) atoms. The first-order chi connectivity index (χ1) is 8.56. The number of hydrogen-bond donors (Lipinski definition) is 2. The molecule has 0 saturated heterocycles. The molecule has 1 aromatic carbocycles. The van der Waals surface area contributed by atoms with Crippen LogP contribution in [-0.2, 0) is 11.2 Å². The Kier molecular flexibility index (Phi) is 3.87. The van der Waals surface area contributed by atoms with Gasteiger partial charge in [-0.1, -0.05) is 12.1 Å². The van der Waals surface area contributed by atoms with Gasteiger partial charge in [-0.05, 0) is 37.0 Å². The summed E-state index contributed by atoms with van der Waals surface area (Å²) in [7, 11) is 0. The first kappa shape index (κ1) is 12.9. The summed E-state index contributed by atoms with van der Waals surface area (Å²) < 4.78 is 5.65. The smallest absolute Gasteiger partial charge is 0.217 e. The molecule has 1 aliphatic rings. The predicted molar refractivity (Wildman–Crippen MR) is 70.2 cm³/mol. The van der Waals surface area contributed by atoms with Crippen molar-refractivity contribution in [2.24, 2.45) is 11.5 Å². The van der Waals surface area contributed by atoms with Crippen molar-refractivity contribution in [3.8, 4) is 5.75 Å². The van der Waals surface area contributed by atoms with Gasteiger partial charge in [-0.15, -0.1) is 0 Å². The molecule has 1 amide bonds. The number of rotatable bonds is 5. The van der Waals surface area contributed by atoms with Crippen LogP contribution in [0.3, 0.4) is 0 Å². The molecule has 2 atom stereocenters. The maximum Gasteiger partial charge on any atom is 0.217 e. The molecule has 0 radical (unpaired) electrons. The van der Waals surface area contributed by atoms with Crippen molar-refractivity contribution in [1.29, 1.82) is 0 Å². The Balaban J connectivity index is 1.97. The summed E-state index contributed by atoms with van der Waals surface area (Å²) in [6.07, 6.45) is 3.11. The SMILES string of the molecule is CC1Cc2cc(C(N)CCCC(N)=O)ccc2O1. The minimum atomic E-state index is -0.265. The minimum Gasteiger partial charge on any atom is -0.490 e. The standard InChI is InChI=1S/C14H20N2O2/c1-9-7-11-8-10(5-6-13(11)18-9)12(15)3-2-4-14(16)17/h5-6,8-9,12H,2-4,7,15H2,1H3,(H2,16,17). The summed E-state index contributed by atoms with van der Waals surface area (Å²) in [6.45, 7) is 2.06. The lowest BCUT2D eigenvalue weighted by molar-refractivity contribution is -0.118. The topological polar surface area (TPSA) is 78.3 Å². The molecule has 0 spiro atoms. The molecule has 0 aromatic heterocycles. The molecule has 2 rings (SSSR count). The average molecular weight is 248 g/mol. The van der Waals surface area contributed by atoms with E-state index in [9.17, 15) is 4.79 Å². The third-order valence-electron chi connectivity index (χ3n) is 3.29. The minimum absolute atomic E-state index is 0.0365.